The monoisotopic (exact) mass is 333 g/mol. The third-order valence-electron chi connectivity index (χ3n) is 4.78. The molecule has 5 rings (SSSR count). The second kappa shape index (κ2) is 5.86. The number of nitrogens with one attached hydrogen (secondary N) is 3. The highest BCUT2D eigenvalue weighted by atomic mass is 15.5. The lowest BCUT2D eigenvalue weighted by Crippen LogP contribution is -2.38. The molecular formula is C18H19N7. The van der Waals surface area contributed by atoms with Crippen LogP contribution in [0.5, 0.6) is 0 Å². The van der Waals surface area contributed by atoms with Crippen LogP contribution in [0.25, 0.3) is 27.7 Å². The zero-order valence-electron chi connectivity index (χ0n) is 13.7. The minimum atomic E-state index is 0.387. The molecule has 0 spiro atoms. The number of hydrogen-bond donors (Lipinski definition) is 3. The Morgan fingerprint density at radius 3 is 3.08 bits per heavy atom. The summed E-state index contributed by atoms with van der Waals surface area (Å²) in [6, 6.07) is 10.7. The summed E-state index contributed by atoms with van der Waals surface area (Å²) in [7, 11) is 0. The van der Waals surface area contributed by atoms with Gasteiger partial charge in [-0.3, -0.25) is 0 Å². The Labute approximate surface area is 144 Å². The van der Waals surface area contributed by atoms with Crippen molar-refractivity contribution in [3.63, 3.8) is 0 Å². The summed E-state index contributed by atoms with van der Waals surface area (Å²) in [4.78, 5) is 7.74. The predicted octanol–water partition coefficient (Wildman–Crippen LogP) is 2.44. The van der Waals surface area contributed by atoms with Crippen molar-refractivity contribution >= 4 is 22.4 Å². The molecule has 1 aliphatic rings. The fraction of sp³-hybridized carbons (Fsp3) is 0.278. The number of H-pyrrole nitrogens is 1. The molecule has 0 unspecified atom stereocenters. The van der Waals surface area contributed by atoms with Crippen LogP contribution in [-0.2, 0) is 0 Å². The molecule has 7 nitrogen and oxygen atoms in total. The minimum absolute atomic E-state index is 0.387. The van der Waals surface area contributed by atoms with Gasteiger partial charge in [0, 0.05) is 40.8 Å². The van der Waals surface area contributed by atoms with Crippen LogP contribution in [-0.4, -0.2) is 43.9 Å². The summed E-state index contributed by atoms with van der Waals surface area (Å²) in [5.74, 6) is 0.826. The SMILES string of the molecule is c1ccc2c(-c3cc(N[C@@H]4CCCNC4)nn4ncnc34)c[nH]c2c1. The molecule has 1 aromatic carbocycles. The molecule has 1 aliphatic heterocycles. The third-order valence-corrected chi connectivity index (χ3v) is 4.78. The molecule has 0 bridgehead atoms. The summed E-state index contributed by atoms with van der Waals surface area (Å²) in [5.41, 5.74) is 4.01. The second-order valence-corrected chi connectivity index (χ2v) is 6.45. The van der Waals surface area contributed by atoms with Crippen molar-refractivity contribution in [2.75, 3.05) is 18.4 Å². The molecular weight excluding hydrogens is 314 g/mol. The Morgan fingerprint density at radius 1 is 1.20 bits per heavy atom. The molecule has 0 aliphatic carbocycles. The van der Waals surface area contributed by atoms with E-state index in [4.69, 9.17) is 0 Å². The van der Waals surface area contributed by atoms with Crippen molar-refractivity contribution in [3.05, 3.63) is 42.9 Å². The lowest BCUT2D eigenvalue weighted by Gasteiger charge is -2.24. The van der Waals surface area contributed by atoms with Crippen molar-refractivity contribution in [2.24, 2.45) is 0 Å². The van der Waals surface area contributed by atoms with E-state index in [0.29, 0.717) is 6.04 Å². The Bertz CT molecular complexity index is 1030. The number of piperidine rings is 1. The lowest BCUT2D eigenvalue weighted by molar-refractivity contribution is 0.478. The van der Waals surface area contributed by atoms with Crippen molar-refractivity contribution < 1.29 is 0 Å². The van der Waals surface area contributed by atoms with E-state index in [9.17, 15) is 0 Å². The number of anilines is 1. The lowest BCUT2D eigenvalue weighted by atomic mass is 10.1. The van der Waals surface area contributed by atoms with E-state index in [-0.39, 0.29) is 0 Å². The Morgan fingerprint density at radius 2 is 2.16 bits per heavy atom. The van der Waals surface area contributed by atoms with Gasteiger partial charge in [-0.25, -0.2) is 4.98 Å². The van der Waals surface area contributed by atoms with Crippen molar-refractivity contribution in [1.29, 1.82) is 0 Å². The first-order chi connectivity index (χ1) is 12.4. The van der Waals surface area contributed by atoms with Crippen molar-refractivity contribution in [1.82, 2.24) is 30.1 Å². The maximum absolute atomic E-state index is 4.57. The molecule has 0 radical (unpaired) electrons. The van der Waals surface area contributed by atoms with Gasteiger partial charge in [0.05, 0.1) is 0 Å². The van der Waals surface area contributed by atoms with E-state index in [2.05, 4.69) is 55.1 Å². The third kappa shape index (κ3) is 2.53. The average molecular weight is 333 g/mol. The molecule has 25 heavy (non-hydrogen) atoms. The number of aromatic nitrogens is 5. The van der Waals surface area contributed by atoms with Gasteiger partial charge in [0.1, 0.15) is 12.1 Å². The Kier molecular flexibility index (Phi) is 3.38. The van der Waals surface area contributed by atoms with Gasteiger partial charge in [-0.15, -0.1) is 14.8 Å². The van der Waals surface area contributed by atoms with Crippen LogP contribution in [0.15, 0.2) is 42.9 Å². The standard InChI is InChI=1S/C18H19N7/c1-2-6-16-13(5-1)15(10-20-16)14-8-17(23-12-4-3-7-19-9-12)24-25-18(14)21-11-22-25/h1-2,5-6,8,10-12,19-20H,3-4,7,9H2,(H,23,24)/t12-/m1/s1. The first-order valence-electron chi connectivity index (χ1n) is 8.63. The van der Waals surface area contributed by atoms with E-state index in [0.717, 1.165) is 47.6 Å². The number of benzene rings is 1. The van der Waals surface area contributed by atoms with Crippen LogP contribution < -0.4 is 10.6 Å². The smallest absolute Gasteiger partial charge is 0.184 e. The van der Waals surface area contributed by atoms with Gasteiger partial charge < -0.3 is 15.6 Å². The zero-order chi connectivity index (χ0) is 16.6. The number of nitrogens with zero attached hydrogens (tertiary/aromatic N) is 4. The maximum Gasteiger partial charge on any atom is 0.184 e. The van der Waals surface area contributed by atoms with Gasteiger partial charge in [0.25, 0.3) is 0 Å². The van der Waals surface area contributed by atoms with E-state index in [1.165, 1.54) is 11.8 Å². The Balaban J connectivity index is 1.62. The minimum Gasteiger partial charge on any atom is -0.365 e. The molecule has 3 aromatic heterocycles. The highest BCUT2D eigenvalue weighted by Crippen LogP contribution is 2.32. The predicted molar refractivity (Wildman–Crippen MR) is 97.6 cm³/mol. The van der Waals surface area contributed by atoms with Crippen molar-refractivity contribution in [3.8, 4) is 11.1 Å². The summed E-state index contributed by atoms with van der Waals surface area (Å²) in [5, 5.41) is 17.0. The first-order valence-corrected chi connectivity index (χ1v) is 8.63. The largest absolute Gasteiger partial charge is 0.365 e. The van der Waals surface area contributed by atoms with Crippen molar-refractivity contribution in [2.45, 2.75) is 18.9 Å². The molecule has 1 saturated heterocycles. The summed E-state index contributed by atoms with van der Waals surface area (Å²) in [6.07, 6.45) is 5.90. The number of fused-ring (bicyclic) bond motifs is 2. The number of para-hydroxylation sites is 1. The van der Waals surface area contributed by atoms with Crippen LogP contribution in [0.2, 0.25) is 0 Å². The van der Waals surface area contributed by atoms with Crippen LogP contribution in [0, 0.1) is 0 Å². The van der Waals surface area contributed by atoms with Gasteiger partial charge in [-0.1, -0.05) is 18.2 Å². The van der Waals surface area contributed by atoms with Crippen LogP contribution in [0.3, 0.4) is 0 Å². The van der Waals surface area contributed by atoms with Crippen LogP contribution in [0.4, 0.5) is 5.82 Å². The topological polar surface area (TPSA) is 82.9 Å². The van der Waals surface area contributed by atoms with E-state index >= 15 is 0 Å². The molecule has 1 atom stereocenters. The normalized spacial score (nSPS) is 18.0. The second-order valence-electron chi connectivity index (χ2n) is 6.45. The quantitative estimate of drug-likeness (QED) is 0.536. The molecule has 1 fully saturated rings. The fourth-order valence-corrected chi connectivity index (χ4v) is 3.57. The molecule has 7 heteroatoms. The van der Waals surface area contributed by atoms with Gasteiger partial charge in [0.2, 0.25) is 0 Å². The van der Waals surface area contributed by atoms with Gasteiger partial charge >= 0.3 is 0 Å². The van der Waals surface area contributed by atoms with E-state index in [1.54, 1.807) is 11.0 Å². The van der Waals surface area contributed by atoms with Gasteiger partial charge in [0.15, 0.2) is 5.65 Å². The van der Waals surface area contributed by atoms with Crippen LogP contribution in [0.1, 0.15) is 12.8 Å². The molecule has 4 aromatic rings. The van der Waals surface area contributed by atoms with Gasteiger partial charge in [-0.2, -0.15) is 0 Å². The molecule has 3 N–H and O–H groups in total. The van der Waals surface area contributed by atoms with Crippen LogP contribution >= 0.6 is 0 Å². The highest BCUT2D eigenvalue weighted by Gasteiger charge is 2.17. The number of rotatable bonds is 3. The van der Waals surface area contributed by atoms with E-state index in [1.807, 2.05) is 12.3 Å². The zero-order valence-corrected chi connectivity index (χ0v) is 13.7. The highest BCUT2D eigenvalue weighted by molar-refractivity contribution is 5.99. The first kappa shape index (κ1) is 14.4. The van der Waals surface area contributed by atoms with E-state index < -0.39 is 0 Å². The number of hydrogen-bond acceptors (Lipinski definition) is 5. The molecule has 0 saturated carbocycles. The number of aromatic amines is 1. The summed E-state index contributed by atoms with van der Waals surface area (Å²) in [6.45, 7) is 2.05. The average Bonchev–Trinajstić information content (AvgIpc) is 3.29. The molecule has 0 amide bonds. The molecule has 4 heterocycles. The summed E-state index contributed by atoms with van der Waals surface area (Å²) >= 11 is 0. The maximum atomic E-state index is 4.57. The fourth-order valence-electron chi connectivity index (χ4n) is 3.57. The Hall–Kier alpha value is -2.93. The van der Waals surface area contributed by atoms with Gasteiger partial charge in [-0.05, 0) is 31.5 Å². The summed E-state index contributed by atoms with van der Waals surface area (Å²) < 4.78 is 1.61. The molecule has 126 valence electrons.